The SMILES string of the molecule is CN(CC(N)=S)C(=O)c1ccc(O)cc1. The number of nitrogens with two attached hydrogens (primary N) is 1. The summed E-state index contributed by atoms with van der Waals surface area (Å²) < 4.78 is 0. The molecule has 0 saturated carbocycles. The molecule has 4 nitrogen and oxygen atoms in total. The third-order valence-electron chi connectivity index (χ3n) is 1.85. The van der Waals surface area contributed by atoms with Crippen molar-refractivity contribution in [2.24, 2.45) is 5.73 Å². The van der Waals surface area contributed by atoms with E-state index < -0.39 is 0 Å². The van der Waals surface area contributed by atoms with Crippen molar-refractivity contribution in [3.05, 3.63) is 29.8 Å². The van der Waals surface area contributed by atoms with Crippen LogP contribution in [-0.2, 0) is 0 Å². The maximum Gasteiger partial charge on any atom is 0.253 e. The Morgan fingerprint density at radius 3 is 2.47 bits per heavy atom. The van der Waals surface area contributed by atoms with Crippen LogP contribution in [0.2, 0.25) is 0 Å². The minimum absolute atomic E-state index is 0.128. The highest BCUT2D eigenvalue weighted by Crippen LogP contribution is 2.10. The lowest BCUT2D eigenvalue weighted by atomic mass is 10.2. The van der Waals surface area contributed by atoms with Crippen LogP contribution >= 0.6 is 12.2 Å². The molecular weight excluding hydrogens is 212 g/mol. The Kier molecular flexibility index (Phi) is 3.62. The number of nitrogens with zero attached hydrogens (tertiary/aromatic N) is 1. The lowest BCUT2D eigenvalue weighted by Gasteiger charge is -2.15. The van der Waals surface area contributed by atoms with Crippen molar-refractivity contribution >= 4 is 23.1 Å². The number of phenolic OH excluding ortho intramolecular Hbond substituents is 1. The molecule has 0 aliphatic heterocycles. The molecule has 0 fully saturated rings. The summed E-state index contributed by atoms with van der Waals surface area (Å²) in [5.41, 5.74) is 5.82. The zero-order valence-electron chi connectivity index (χ0n) is 8.30. The summed E-state index contributed by atoms with van der Waals surface area (Å²) in [6, 6.07) is 6.02. The van der Waals surface area contributed by atoms with E-state index in [0.717, 1.165) is 0 Å². The predicted octanol–water partition coefficient (Wildman–Crippen LogP) is 0.750. The number of aromatic hydroxyl groups is 1. The smallest absolute Gasteiger partial charge is 0.253 e. The van der Waals surface area contributed by atoms with Crippen LogP contribution < -0.4 is 5.73 Å². The van der Waals surface area contributed by atoms with E-state index in [0.29, 0.717) is 5.56 Å². The van der Waals surface area contributed by atoms with E-state index in [1.54, 1.807) is 19.2 Å². The second-order valence-electron chi connectivity index (χ2n) is 3.17. The Morgan fingerprint density at radius 2 is 2.00 bits per heavy atom. The number of hydrogen-bond acceptors (Lipinski definition) is 3. The van der Waals surface area contributed by atoms with Crippen LogP contribution in [0.25, 0.3) is 0 Å². The number of rotatable bonds is 3. The molecule has 0 aliphatic rings. The van der Waals surface area contributed by atoms with Gasteiger partial charge < -0.3 is 15.7 Å². The van der Waals surface area contributed by atoms with Crippen molar-refractivity contribution in [2.45, 2.75) is 0 Å². The second-order valence-corrected chi connectivity index (χ2v) is 3.70. The Labute approximate surface area is 93.3 Å². The fraction of sp³-hybridized carbons (Fsp3) is 0.200. The second kappa shape index (κ2) is 4.75. The Bertz CT molecular complexity index is 376. The molecule has 0 atom stereocenters. The topological polar surface area (TPSA) is 66.6 Å². The Morgan fingerprint density at radius 1 is 1.47 bits per heavy atom. The minimum Gasteiger partial charge on any atom is -0.508 e. The van der Waals surface area contributed by atoms with Crippen molar-refractivity contribution < 1.29 is 9.90 Å². The molecule has 1 amide bonds. The van der Waals surface area contributed by atoms with Gasteiger partial charge in [-0.2, -0.15) is 0 Å². The van der Waals surface area contributed by atoms with Crippen LogP contribution in [0, 0.1) is 0 Å². The van der Waals surface area contributed by atoms with Crippen LogP contribution in [0.1, 0.15) is 10.4 Å². The minimum atomic E-state index is -0.178. The summed E-state index contributed by atoms with van der Waals surface area (Å²) in [6.45, 7) is 0.245. The summed E-state index contributed by atoms with van der Waals surface area (Å²) in [5.74, 6) is -0.0497. The first kappa shape index (κ1) is 11.5. The molecule has 1 aromatic carbocycles. The van der Waals surface area contributed by atoms with Gasteiger partial charge in [0.25, 0.3) is 5.91 Å². The van der Waals surface area contributed by atoms with Crippen LogP contribution in [-0.4, -0.2) is 34.5 Å². The zero-order chi connectivity index (χ0) is 11.4. The first-order chi connectivity index (χ1) is 7.00. The molecule has 5 heteroatoms. The largest absolute Gasteiger partial charge is 0.508 e. The number of amides is 1. The molecule has 0 aromatic heterocycles. The Balaban J connectivity index is 2.76. The normalized spacial score (nSPS) is 9.67. The number of benzene rings is 1. The molecule has 0 saturated heterocycles. The number of thiocarbonyl (C=S) groups is 1. The van der Waals surface area contributed by atoms with Gasteiger partial charge in [0.05, 0.1) is 11.5 Å². The standard InChI is InChI=1S/C10H12N2O2S/c1-12(6-9(11)15)10(14)7-2-4-8(13)5-3-7/h2-5,13H,6H2,1H3,(H2,11,15). The van der Waals surface area contributed by atoms with Crippen LogP contribution in [0.15, 0.2) is 24.3 Å². The zero-order valence-corrected chi connectivity index (χ0v) is 9.12. The Hall–Kier alpha value is -1.62. The van der Waals surface area contributed by atoms with E-state index in [9.17, 15) is 4.79 Å². The third-order valence-corrected chi connectivity index (χ3v) is 1.98. The molecule has 15 heavy (non-hydrogen) atoms. The molecule has 0 unspecified atom stereocenters. The van der Waals surface area contributed by atoms with Crippen molar-refractivity contribution in [3.8, 4) is 5.75 Å². The molecule has 3 N–H and O–H groups in total. The summed E-state index contributed by atoms with van der Waals surface area (Å²) in [6.07, 6.45) is 0. The first-order valence-electron chi connectivity index (χ1n) is 4.33. The molecular formula is C10H12N2O2S. The lowest BCUT2D eigenvalue weighted by Crippen LogP contribution is -2.34. The third kappa shape index (κ3) is 3.21. The maximum atomic E-state index is 11.7. The number of carbonyl (C=O) groups is 1. The van der Waals surface area contributed by atoms with Crippen molar-refractivity contribution in [1.82, 2.24) is 4.90 Å². The molecule has 1 rings (SSSR count). The fourth-order valence-electron chi connectivity index (χ4n) is 1.13. The maximum absolute atomic E-state index is 11.7. The number of carbonyl (C=O) groups excluding carboxylic acids is 1. The summed E-state index contributed by atoms with van der Waals surface area (Å²) in [7, 11) is 1.62. The average Bonchev–Trinajstić information content (AvgIpc) is 2.17. The lowest BCUT2D eigenvalue weighted by molar-refractivity contribution is 0.0815. The van der Waals surface area contributed by atoms with E-state index in [1.165, 1.54) is 17.0 Å². The van der Waals surface area contributed by atoms with E-state index in [4.69, 9.17) is 23.1 Å². The van der Waals surface area contributed by atoms with Crippen molar-refractivity contribution in [2.75, 3.05) is 13.6 Å². The molecule has 0 radical (unpaired) electrons. The van der Waals surface area contributed by atoms with E-state index >= 15 is 0 Å². The first-order valence-corrected chi connectivity index (χ1v) is 4.74. The van der Waals surface area contributed by atoms with Gasteiger partial charge in [0, 0.05) is 12.6 Å². The fourth-order valence-corrected chi connectivity index (χ4v) is 1.32. The average molecular weight is 224 g/mol. The number of phenols is 1. The van der Waals surface area contributed by atoms with Gasteiger partial charge in [-0.1, -0.05) is 12.2 Å². The summed E-state index contributed by atoms with van der Waals surface area (Å²) in [5, 5.41) is 9.06. The van der Waals surface area contributed by atoms with Crippen LogP contribution in [0.4, 0.5) is 0 Å². The van der Waals surface area contributed by atoms with Gasteiger partial charge in [-0.15, -0.1) is 0 Å². The van der Waals surface area contributed by atoms with Crippen LogP contribution in [0.5, 0.6) is 5.75 Å². The van der Waals surface area contributed by atoms with E-state index in [-0.39, 0.29) is 23.2 Å². The molecule has 0 spiro atoms. The molecule has 1 aromatic rings. The van der Waals surface area contributed by atoms with Gasteiger partial charge in [-0.05, 0) is 24.3 Å². The highest BCUT2D eigenvalue weighted by atomic mass is 32.1. The summed E-state index contributed by atoms with van der Waals surface area (Å²) in [4.78, 5) is 13.4. The van der Waals surface area contributed by atoms with E-state index in [1.807, 2.05) is 0 Å². The van der Waals surface area contributed by atoms with Gasteiger partial charge in [0.15, 0.2) is 0 Å². The van der Waals surface area contributed by atoms with Gasteiger partial charge in [-0.25, -0.2) is 0 Å². The van der Waals surface area contributed by atoms with Gasteiger partial charge >= 0.3 is 0 Å². The molecule has 0 bridgehead atoms. The quantitative estimate of drug-likeness (QED) is 0.743. The summed E-state index contributed by atoms with van der Waals surface area (Å²) >= 11 is 4.71. The van der Waals surface area contributed by atoms with Crippen LogP contribution in [0.3, 0.4) is 0 Å². The molecule has 0 aliphatic carbocycles. The number of likely N-dealkylation sites (N-methyl/N-ethyl adjacent to an activating group) is 1. The van der Waals surface area contributed by atoms with Crippen molar-refractivity contribution in [1.29, 1.82) is 0 Å². The molecule has 0 heterocycles. The number of hydrogen-bond donors (Lipinski definition) is 2. The van der Waals surface area contributed by atoms with Gasteiger partial charge in [-0.3, -0.25) is 4.79 Å². The molecule has 80 valence electrons. The van der Waals surface area contributed by atoms with Crippen molar-refractivity contribution in [3.63, 3.8) is 0 Å². The monoisotopic (exact) mass is 224 g/mol. The van der Waals surface area contributed by atoms with E-state index in [2.05, 4.69) is 0 Å². The van der Waals surface area contributed by atoms with Gasteiger partial charge in [0.2, 0.25) is 0 Å². The van der Waals surface area contributed by atoms with Gasteiger partial charge in [0.1, 0.15) is 5.75 Å². The highest BCUT2D eigenvalue weighted by Gasteiger charge is 2.11. The predicted molar refractivity (Wildman–Crippen MR) is 61.9 cm³/mol. The highest BCUT2D eigenvalue weighted by molar-refractivity contribution is 7.80.